The molecule has 1 aliphatic rings. The van der Waals surface area contributed by atoms with E-state index in [1.807, 2.05) is 30.3 Å². The van der Waals surface area contributed by atoms with Crippen molar-refractivity contribution in [1.29, 1.82) is 0 Å². The molecule has 140 valence electrons. The number of hydrogen-bond acceptors (Lipinski definition) is 4. The lowest BCUT2D eigenvalue weighted by Crippen LogP contribution is -2.45. The third-order valence-corrected chi connectivity index (χ3v) is 4.46. The molecule has 6 nitrogen and oxygen atoms in total. The van der Waals surface area contributed by atoms with Gasteiger partial charge in [-0.2, -0.15) is 0 Å². The van der Waals surface area contributed by atoms with Crippen LogP contribution in [0, 0.1) is 0 Å². The molecule has 2 amide bonds. The van der Waals surface area contributed by atoms with Crippen molar-refractivity contribution in [2.45, 2.75) is 19.6 Å². The summed E-state index contributed by atoms with van der Waals surface area (Å²) < 4.78 is 10.8. The van der Waals surface area contributed by atoms with Crippen LogP contribution in [-0.4, -0.2) is 19.1 Å². The second-order valence-corrected chi connectivity index (χ2v) is 6.45. The van der Waals surface area contributed by atoms with E-state index in [1.165, 1.54) is 7.11 Å². The number of carbonyl (C=O) groups is 2. The minimum Gasteiger partial charge on any atom is -0.489 e. The lowest BCUT2D eigenvalue weighted by Gasteiger charge is -2.29. The van der Waals surface area contributed by atoms with Crippen LogP contribution in [0.2, 0.25) is 5.02 Å². The van der Waals surface area contributed by atoms with E-state index in [-0.39, 0.29) is 0 Å². The predicted molar refractivity (Wildman–Crippen MR) is 101 cm³/mol. The standard InChI is InChI=1S/C20H19ClN2O4/c1-12-17(19(24)26-2)18(23-20(25)22-12)15-5-3-4-6-16(15)27-11-13-7-9-14(21)10-8-13/h3-10,18H,11H2,1-2H3,(H2,22,23,25). The lowest BCUT2D eigenvalue weighted by molar-refractivity contribution is -0.136. The van der Waals surface area contributed by atoms with Gasteiger partial charge in [0.05, 0.1) is 18.7 Å². The first-order valence-corrected chi connectivity index (χ1v) is 8.70. The summed E-state index contributed by atoms with van der Waals surface area (Å²) in [5, 5.41) is 6.02. The molecular weight excluding hydrogens is 368 g/mol. The van der Waals surface area contributed by atoms with Crippen molar-refractivity contribution in [2.75, 3.05) is 7.11 Å². The van der Waals surface area contributed by atoms with Crippen LogP contribution in [-0.2, 0) is 16.1 Å². The summed E-state index contributed by atoms with van der Waals surface area (Å²) in [6, 6.07) is 13.5. The van der Waals surface area contributed by atoms with E-state index >= 15 is 0 Å². The molecule has 1 aliphatic heterocycles. The summed E-state index contributed by atoms with van der Waals surface area (Å²) in [5.41, 5.74) is 2.40. The van der Waals surface area contributed by atoms with Gasteiger partial charge in [-0.1, -0.05) is 41.9 Å². The first kappa shape index (κ1) is 18.8. The number of allylic oxidation sites excluding steroid dienone is 1. The van der Waals surface area contributed by atoms with Gasteiger partial charge in [-0.3, -0.25) is 0 Å². The third-order valence-electron chi connectivity index (χ3n) is 4.21. The summed E-state index contributed by atoms with van der Waals surface area (Å²) >= 11 is 5.91. The van der Waals surface area contributed by atoms with E-state index in [1.54, 1.807) is 25.1 Å². The predicted octanol–water partition coefficient (Wildman–Crippen LogP) is 3.72. The topological polar surface area (TPSA) is 76.7 Å². The highest BCUT2D eigenvalue weighted by atomic mass is 35.5. The fraction of sp³-hybridized carbons (Fsp3) is 0.200. The van der Waals surface area contributed by atoms with E-state index in [9.17, 15) is 9.59 Å². The molecule has 0 saturated heterocycles. The average molecular weight is 387 g/mol. The Hall–Kier alpha value is -2.99. The van der Waals surface area contributed by atoms with E-state index < -0.39 is 18.0 Å². The van der Waals surface area contributed by atoms with Gasteiger partial charge in [0.1, 0.15) is 12.4 Å². The molecular formula is C20H19ClN2O4. The maximum Gasteiger partial charge on any atom is 0.337 e. The molecule has 0 bridgehead atoms. The van der Waals surface area contributed by atoms with E-state index in [4.69, 9.17) is 21.1 Å². The summed E-state index contributed by atoms with van der Waals surface area (Å²) in [6.45, 7) is 1.98. The molecule has 27 heavy (non-hydrogen) atoms. The number of hydrogen-bond donors (Lipinski definition) is 2. The fourth-order valence-corrected chi connectivity index (χ4v) is 3.03. The fourth-order valence-electron chi connectivity index (χ4n) is 2.90. The molecule has 0 saturated carbocycles. The number of rotatable bonds is 5. The van der Waals surface area contributed by atoms with Crippen LogP contribution in [0.1, 0.15) is 24.1 Å². The second-order valence-electron chi connectivity index (χ2n) is 6.01. The van der Waals surface area contributed by atoms with Gasteiger partial charge < -0.3 is 20.1 Å². The van der Waals surface area contributed by atoms with Crippen molar-refractivity contribution in [3.63, 3.8) is 0 Å². The Labute approximate surface area is 162 Å². The SMILES string of the molecule is COC(=O)C1=C(C)NC(=O)NC1c1ccccc1OCc1ccc(Cl)cc1. The second kappa shape index (κ2) is 8.14. The number of amides is 2. The van der Waals surface area contributed by atoms with Crippen LogP contribution in [0.15, 0.2) is 59.8 Å². The van der Waals surface area contributed by atoms with Gasteiger partial charge in [-0.05, 0) is 30.7 Å². The number of halogens is 1. The first-order chi connectivity index (χ1) is 13.0. The van der Waals surface area contributed by atoms with Crippen molar-refractivity contribution >= 4 is 23.6 Å². The van der Waals surface area contributed by atoms with Gasteiger partial charge in [0, 0.05) is 16.3 Å². The number of benzene rings is 2. The van der Waals surface area contributed by atoms with Crippen LogP contribution in [0.25, 0.3) is 0 Å². The summed E-state index contributed by atoms with van der Waals surface area (Å²) in [7, 11) is 1.30. The normalized spacial score (nSPS) is 16.4. The molecule has 1 atom stereocenters. The van der Waals surface area contributed by atoms with E-state index in [0.29, 0.717) is 34.2 Å². The maximum absolute atomic E-state index is 12.3. The highest BCUT2D eigenvalue weighted by Crippen LogP contribution is 2.33. The molecule has 0 aliphatic carbocycles. The van der Waals surface area contributed by atoms with Crippen molar-refractivity contribution in [3.8, 4) is 5.75 Å². The van der Waals surface area contributed by atoms with Crippen molar-refractivity contribution in [3.05, 3.63) is 76.0 Å². The number of esters is 1. The highest BCUT2D eigenvalue weighted by molar-refractivity contribution is 6.30. The molecule has 3 rings (SSSR count). The minimum atomic E-state index is -0.674. The van der Waals surface area contributed by atoms with Gasteiger partial charge in [0.25, 0.3) is 0 Å². The molecule has 7 heteroatoms. The smallest absolute Gasteiger partial charge is 0.337 e. The molecule has 2 aromatic carbocycles. The molecule has 1 heterocycles. The van der Waals surface area contributed by atoms with Crippen LogP contribution in [0.4, 0.5) is 4.79 Å². The van der Waals surface area contributed by atoms with Gasteiger partial charge in [-0.25, -0.2) is 9.59 Å². The third kappa shape index (κ3) is 4.23. The van der Waals surface area contributed by atoms with Gasteiger partial charge in [-0.15, -0.1) is 0 Å². The average Bonchev–Trinajstić information content (AvgIpc) is 2.66. The monoisotopic (exact) mass is 386 g/mol. The zero-order valence-corrected chi connectivity index (χ0v) is 15.7. The van der Waals surface area contributed by atoms with Crippen molar-refractivity contribution in [1.82, 2.24) is 10.6 Å². The molecule has 2 aromatic rings. The Bertz CT molecular complexity index is 893. The van der Waals surface area contributed by atoms with E-state index in [0.717, 1.165) is 5.56 Å². The number of nitrogens with one attached hydrogen (secondary N) is 2. The summed E-state index contributed by atoms with van der Waals surface area (Å²) in [5.74, 6) is 0.0476. The lowest BCUT2D eigenvalue weighted by atomic mass is 9.95. The Morgan fingerprint density at radius 1 is 1.15 bits per heavy atom. The quantitative estimate of drug-likeness (QED) is 0.768. The maximum atomic E-state index is 12.3. The van der Waals surface area contributed by atoms with Crippen LogP contribution >= 0.6 is 11.6 Å². The first-order valence-electron chi connectivity index (χ1n) is 8.32. The van der Waals surface area contributed by atoms with Crippen molar-refractivity contribution < 1.29 is 19.1 Å². The molecule has 2 N–H and O–H groups in total. The minimum absolute atomic E-state index is 0.323. The number of para-hydroxylation sites is 1. The van der Waals surface area contributed by atoms with E-state index in [2.05, 4.69) is 10.6 Å². The highest BCUT2D eigenvalue weighted by Gasteiger charge is 2.33. The summed E-state index contributed by atoms with van der Waals surface area (Å²) in [4.78, 5) is 24.2. The van der Waals surface area contributed by atoms with Crippen LogP contribution in [0.3, 0.4) is 0 Å². The zero-order chi connectivity index (χ0) is 19.4. The molecule has 0 aromatic heterocycles. The molecule has 1 unspecified atom stereocenters. The Kier molecular flexibility index (Phi) is 5.66. The number of methoxy groups -OCH3 is 1. The Balaban J connectivity index is 1.91. The largest absolute Gasteiger partial charge is 0.489 e. The van der Waals surface area contributed by atoms with Crippen molar-refractivity contribution in [2.24, 2.45) is 0 Å². The Morgan fingerprint density at radius 3 is 2.56 bits per heavy atom. The van der Waals surface area contributed by atoms with Gasteiger partial charge >= 0.3 is 12.0 Å². The number of urea groups is 1. The van der Waals surface area contributed by atoms with Crippen LogP contribution in [0.5, 0.6) is 5.75 Å². The van der Waals surface area contributed by atoms with Gasteiger partial charge in [0.2, 0.25) is 0 Å². The van der Waals surface area contributed by atoms with Gasteiger partial charge in [0.15, 0.2) is 0 Å². The molecule has 0 fully saturated rings. The molecule has 0 radical (unpaired) electrons. The van der Waals surface area contributed by atoms with Crippen LogP contribution < -0.4 is 15.4 Å². The Morgan fingerprint density at radius 2 is 1.85 bits per heavy atom. The number of carbonyl (C=O) groups excluding carboxylic acids is 2. The zero-order valence-electron chi connectivity index (χ0n) is 14.9. The number of ether oxygens (including phenoxy) is 2. The molecule has 0 spiro atoms. The summed E-state index contributed by atoms with van der Waals surface area (Å²) in [6.07, 6.45) is 0.